The van der Waals surface area contributed by atoms with Crippen LogP contribution in [0.15, 0.2) is 24.4 Å². The molecule has 3 nitrogen and oxygen atoms in total. The molecule has 0 saturated heterocycles. The Morgan fingerprint density at radius 3 is 3.00 bits per heavy atom. The predicted octanol–water partition coefficient (Wildman–Crippen LogP) is 2.35. The lowest BCUT2D eigenvalue weighted by molar-refractivity contribution is 0.0927. The Morgan fingerprint density at radius 1 is 1.54 bits per heavy atom. The average Bonchev–Trinajstić information content (AvgIpc) is 2.49. The third-order valence-corrected chi connectivity index (χ3v) is 2.15. The summed E-state index contributed by atoms with van der Waals surface area (Å²) in [7, 11) is 0. The van der Waals surface area contributed by atoms with Gasteiger partial charge in [-0.1, -0.05) is 23.7 Å². The second kappa shape index (κ2) is 2.85. The van der Waals surface area contributed by atoms with Crippen molar-refractivity contribution in [3.8, 4) is 0 Å². The summed E-state index contributed by atoms with van der Waals surface area (Å²) in [6, 6.07) is 5.44. The number of benzene rings is 1. The Labute approximate surface area is 79.9 Å². The molecule has 0 saturated carbocycles. The van der Waals surface area contributed by atoms with Crippen molar-refractivity contribution in [2.75, 3.05) is 0 Å². The topological polar surface area (TPSA) is 34.9 Å². The van der Waals surface area contributed by atoms with E-state index in [-0.39, 0.29) is 5.91 Å². The molecule has 0 unspecified atom stereocenters. The van der Waals surface area contributed by atoms with Gasteiger partial charge in [-0.3, -0.25) is 4.79 Å². The lowest BCUT2D eigenvalue weighted by Crippen LogP contribution is -2.06. The normalized spacial score (nSPS) is 10.6. The first-order valence-corrected chi connectivity index (χ1v) is 4.21. The summed E-state index contributed by atoms with van der Waals surface area (Å²) in [6.07, 6.45) is 1.63. The number of carbonyl (C=O) groups is 1. The molecule has 1 heterocycles. The molecule has 0 atom stereocenters. The zero-order valence-corrected chi connectivity index (χ0v) is 7.75. The van der Waals surface area contributed by atoms with Crippen molar-refractivity contribution in [2.45, 2.75) is 6.92 Å². The highest BCUT2D eigenvalue weighted by Gasteiger charge is 2.08. The van der Waals surface area contributed by atoms with Gasteiger partial charge < -0.3 is 0 Å². The number of rotatable bonds is 0. The van der Waals surface area contributed by atoms with E-state index < -0.39 is 0 Å². The van der Waals surface area contributed by atoms with Crippen molar-refractivity contribution in [1.82, 2.24) is 9.78 Å². The molecule has 0 aliphatic heterocycles. The molecule has 0 amide bonds. The standard InChI is InChI=1S/C9H7ClN2O/c1-6(13)12-9-7(5-11-12)3-2-4-8(9)10/h2-5H,1H3. The zero-order valence-electron chi connectivity index (χ0n) is 6.99. The van der Waals surface area contributed by atoms with Crippen LogP contribution in [0.3, 0.4) is 0 Å². The van der Waals surface area contributed by atoms with Crippen LogP contribution < -0.4 is 0 Å². The molecular formula is C9H7ClN2O. The maximum Gasteiger partial charge on any atom is 0.244 e. The highest BCUT2D eigenvalue weighted by molar-refractivity contribution is 6.35. The number of halogens is 1. The number of nitrogens with zero attached hydrogens (tertiary/aromatic N) is 2. The second-order valence-corrected chi connectivity index (χ2v) is 3.16. The van der Waals surface area contributed by atoms with E-state index >= 15 is 0 Å². The monoisotopic (exact) mass is 194 g/mol. The fraction of sp³-hybridized carbons (Fsp3) is 0.111. The fourth-order valence-corrected chi connectivity index (χ4v) is 1.54. The van der Waals surface area contributed by atoms with E-state index in [9.17, 15) is 4.79 Å². The number of hydrogen-bond acceptors (Lipinski definition) is 2. The summed E-state index contributed by atoms with van der Waals surface area (Å²) >= 11 is 5.93. The molecule has 1 aromatic heterocycles. The fourth-order valence-electron chi connectivity index (χ4n) is 1.28. The summed E-state index contributed by atoms with van der Waals surface area (Å²) in [5.74, 6) is -0.136. The first-order chi connectivity index (χ1) is 6.20. The smallest absolute Gasteiger partial charge is 0.244 e. The average molecular weight is 195 g/mol. The van der Waals surface area contributed by atoms with E-state index in [1.54, 1.807) is 12.3 Å². The quantitative estimate of drug-likeness (QED) is 0.645. The van der Waals surface area contributed by atoms with Gasteiger partial charge in [-0.15, -0.1) is 0 Å². The van der Waals surface area contributed by atoms with Crippen LogP contribution in [0.2, 0.25) is 5.02 Å². The van der Waals surface area contributed by atoms with Crippen molar-refractivity contribution < 1.29 is 4.79 Å². The number of para-hydroxylation sites is 1. The largest absolute Gasteiger partial charge is 0.273 e. The van der Waals surface area contributed by atoms with E-state index in [1.165, 1.54) is 11.6 Å². The molecule has 13 heavy (non-hydrogen) atoms. The van der Waals surface area contributed by atoms with Crippen molar-refractivity contribution in [3.63, 3.8) is 0 Å². The molecule has 0 spiro atoms. The van der Waals surface area contributed by atoms with Crippen LogP contribution in [0.25, 0.3) is 10.9 Å². The molecule has 66 valence electrons. The lowest BCUT2D eigenvalue weighted by Gasteiger charge is -1.98. The highest BCUT2D eigenvalue weighted by Crippen LogP contribution is 2.22. The SMILES string of the molecule is CC(=O)n1ncc2cccc(Cl)c21. The van der Waals surface area contributed by atoms with E-state index in [4.69, 9.17) is 11.6 Å². The summed E-state index contributed by atoms with van der Waals surface area (Å²) in [5.41, 5.74) is 0.677. The van der Waals surface area contributed by atoms with Crippen molar-refractivity contribution >= 4 is 28.4 Å². The first kappa shape index (κ1) is 8.26. The minimum absolute atomic E-state index is 0.136. The van der Waals surface area contributed by atoms with Gasteiger partial charge in [0.25, 0.3) is 0 Å². The van der Waals surface area contributed by atoms with Crippen LogP contribution in [-0.4, -0.2) is 15.7 Å². The van der Waals surface area contributed by atoms with Crippen LogP contribution in [0, 0.1) is 0 Å². The van der Waals surface area contributed by atoms with Crippen molar-refractivity contribution in [1.29, 1.82) is 0 Å². The van der Waals surface area contributed by atoms with Gasteiger partial charge in [-0.25, -0.2) is 0 Å². The zero-order chi connectivity index (χ0) is 9.42. The first-order valence-electron chi connectivity index (χ1n) is 3.83. The van der Waals surface area contributed by atoms with E-state index in [0.717, 1.165) is 5.39 Å². The van der Waals surface area contributed by atoms with Crippen molar-refractivity contribution in [2.24, 2.45) is 0 Å². The number of hydrogen-bond donors (Lipinski definition) is 0. The van der Waals surface area contributed by atoms with Gasteiger partial charge in [-0.05, 0) is 6.07 Å². The van der Waals surface area contributed by atoms with Crippen molar-refractivity contribution in [3.05, 3.63) is 29.4 Å². The van der Waals surface area contributed by atoms with Gasteiger partial charge in [0.2, 0.25) is 5.91 Å². The van der Waals surface area contributed by atoms with Gasteiger partial charge in [0.05, 0.1) is 16.7 Å². The maximum absolute atomic E-state index is 11.1. The number of fused-ring (bicyclic) bond motifs is 1. The lowest BCUT2D eigenvalue weighted by atomic mass is 10.2. The third-order valence-electron chi connectivity index (χ3n) is 1.84. The van der Waals surface area contributed by atoms with E-state index in [1.807, 2.05) is 12.1 Å². The Bertz CT molecular complexity index is 475. The second-order valence-electron chi connectivity index (χ2n) is 2.75. The van der Waals surface area contributed by atoms with Gasteiger partial charge >= 0.3 is 0 Å². The van der Waals surface area contributed by atoms with Gasteiger partial charge in [0, 0.05) is 12.3 Å². The Kier molecular flexibility index (Phi) is 1.81. The Morgan fingerprint density at radius 2 is 2.31 bits per heavy atom. The van der Waals surface area contributed by atoms with Gasteiger partial charge in [0.15, 0.2) is 0 Å². The summed E-state index contributed by atoms with van der Waals surface area (Å²) < 4.78 is 1.30. The van der Waals surface area contributed by atoms with Gasteiger partial charge in [-0.2, -0.15) is 9.78 Å². The van der Waals surface area contributed by atoms with Crippen LogP contribution in [0.5, 0.6) is 0 Å². The molecule has 0 aliphatic rings. The summed E-state index contributed by atoms with van der Waals surface area (Å²) in [4.78, 5) is 11.1. The molecule has 0 aliphatic carbocycles. The predicted molar refractivity (Wildman–Crippen MR) is 51.0 cm³/mol. The van der Waals surface area contributed by atoms with Crippen LogP contribution in [-0.2, 0) is 0 Å². The summed E-state index contributed by atoms with van der Waals surface area (Å²) in [5, 5.41) is 5.36. The minimum atomic E-state index is -0.136. The molecule has 2 aromatic rings. The summed E-state index contributed by atoms with van der Waals surface area (Å²) in [6.45, 7) is 1.45. The van der Waals surface area contributed by atoms with Crippen LogP contribution >= 0.6 is 11.6 Å². The molecule has 4 heteroatoms. The number of aromatic nitrogens is 2. The minimum Gasteiger partial charge on any atom is -0.273 e. The van der Waals surface area contributed by atoms with Crippen LogP contribution in [0.4, 0.5) is 0 Å². The molecule has 0 bridgehead atoms. The molecule has 0 radical (unpaired) electrons. The van der Waals surface area contributed by atoms with E-state index in [2.05, 4.69) is 5.10 Å². The number of carbonyl (C=O) groups excluding carboxylic acids is 1. The molecule has 1 aromatic carbocycles. The van der Waals surface area contributed by atoms with Crippen LogP contribution in [0.1, 0.15) is 11.7 Å². The van der Waals surface area contributed by atoms with Gasteiger partial charge in [0.1, 0.15) is 0 Å². The molecular weight excluding hydrogens is 188 g/mol. The highest BCUT2D eigenvalue weighted by atomic mass is 35.5. The molecule has 0 N–H and O–H groups in total. The Balaban J connectivity index is 2.86. The Hall–Kier alpha value is -1.35. The maximum atomic E-state index is 11.1. The molecule has 0 fully saturated rings. The third kappa shape index (κ3) is 1.21. The molecule has 2 rings (SSSR count). The van der Waals surface area contributed by atoms with E-state index in [0.29, 0.717) is 10.5 Å².